The first-order valence-electron chi connectivity index (χ1n) is 10.4. The van der Waals surface area contributed by atoms with E-state index in [1.165, 1.54) is 17.2 Å². The molecule has 0 bridgehead atoms. The molecule has 0 unspecified atom stereocenters. The van der Waals surface area contributed by atoms with Gasteiger partial charge in [0.2, 0.25) is 5.91 Å². The first-order valence-corrected chi connectivity index (χ1v) is 10.4. The van der Waals surface area contributed by atoms with Crippen molar-refractivity contribution in [2.75, 3.05) is 38.0 Å². The maximum atomic E-state index is 13.8. The average Bonchev–Trinajstić information content (AvgIpc) is 2.79. The second kappa shape index (κ2) is 9.81. The Morgan fingerprint density at radius 2 is 1.42 bits per heavy atom. The van der Waals surface area contributed by atoms with Gasteiger partial charge >= 0.3 is 0 Å². The van der Waals surface area contributed by atoms with Crippen LogP contribution in [0.5, 0.6) is 0 Å². The number of rotatable bonds is 6. The molecule has 1 amide bonds. The number of amides is 1. The van der Waals surface area contributed by atoms with E-state index in [0.29, 0.717) is 0 Å². The van der Waals surface area contributed by atoms with Crippen LogP contribution in [0.2, 0.25) is 0 Å². The largest absolute Gasteiger partial charge is 0.322 e. The summed E-state index contributed by atoms with van der Waals surface area (Å²) < 4.78 is 26.8. The van der Waals surface area contributed by atoms with Gasteiger partial charge in [-0.3, -0.25) is 14.6 Å². The molecule has 1 aliphatic rings. The molecule has 1 aliphatic heterocycles. The Kier molecular flexibility index (Phi) is 6.70. The van der Waals surface area contributed by atoms with Crippen molar-refractivity contribution in [3.05, 3.63) is 102 Å². The van der Waals surface area contributed by atoms with E-state index in [0.717, 1.165) is 38.3 Å². The third-order valence-corrected chi connectivity index (χ3v) is 5.58. The number of hydrogen-bond donors (Lipinski definition) is 1. The molecule has 0 radical (unpaired) electrons. The summed E-state index contributed by atoms with van der Waals surface area (Å²) in [6, 6.07) is 24.1. The molecule has 31 heavy (non-hydrogen) atoms. The molecule has 1 saturated heterocycles. The summed E-state index contributed by atoms with van der Waals surface area (Å²) in [5, 5.41) is 2.53. The zero-order valence-electron chi connectivity index (χ0n) is 17.2. The average molecular weight is 421 g/mol. The van der Waals surface area contributed by atoms with E-state index >= 15 is 0 Å². The molecule has 3 aromatic carbocycles. The maximum absolute atomic E-state index is 13.8. The van der Waals surface area contributed by atoms with Crippen LogP contribution in [-0.2, 0) is 4.79 Å². The molecule has 1 heterocycles. The summed E-state index contributed by atoms with van der Waals surface area (Å²) in [7, 11) is 0. The predicted octanol–water partition coefficient (Wildman–Crippen LogP) is 4.31. The van der Waals surface area contributed by atoms with Crippen LogP contribution in [0, 0.1) is 11.6 Å². The van der Waals surface area contributed by atoms with Gasteiger partial charge in [0.15, 0.2) is 0 Å². The van der Waals surface area contributed by atoms with E-state index in [1.807, 2.05) is 12.1 Å². The standard InChI is InChI=1S/C25H25F2N3O/c26-21-11-12-23(22(27)17-21)28-24(31)18-29-13-15-30(16-14-29)25(19-7-3-1-4-8-19)20-9-5-2-6-10-20/h1-12,17,25H,13-16,18H2,(H,28,31). The SMILES string of the molecule is O=C(CN1CCN(C(c2ccccc2)c2ccccc2)CC1)Nc1ccc(F)cc1F. The van der Waals surface area contributed by atoms with Gasteiger partial charge in [-0.05, 0) is 23.3 Å². The fourth-order valence-electron chi connectivity index (χ4n) is 4.05. The zero-order valence-corrected chi connectivity index (χ0v) is 17.2. The quantitative estimate of drug-likeness (QED) is 0.644. The van der Waals surface area contributed by atoms with Crippen molar-refractivity contribution >= 4 is 11.6 Å². The molecule has 1 N–H and O–H groups in total. The summed E-state index contributed by atoms with van der Waals surface area (Å²) in [5.74, 6) is -1.74. The first kappa shape index (κ1) is 21.2. The highest BCUT2D eigenvalue weighted by Gasteiger charge is 2.27. The lowest BCUT2D eigenvalue weighted by molar-refractivity contribution is -0.117. The van der Waals surface area contributed by atoms with E-state index in [4.69, 9.17) is 0 Å². The van der Waals surface area contributed by atoms with Gasteiger partial charge in [-0.1, -0.05) is 60.7 Å². The van der Waals surface area contributed by atoms with Gasteiger partial charge in [-0.15, -0.1) is 0 Å². The molecule has 4 nitrogen and oxygen atoms in total. The van der Waals surface area contributed by atoms with Gasteiger partial charge in [0, 0.05) is 32.2 Å². The number of benzene rings is 3. The van der Waals surface area contributed by atoms with Crippen molar-refractivity contribution in [1.82, 2.24) is 9.80 Å². The molecular weight excluding hydrogens is 396 g/mol. The first-order chi connectivity index (χ1) is 15.1. The zero-order chi connectivity index (χ0) is 21.6. The van der Waals surface area contributed by atoms with Crippen molar-refractivity contribution in [3.8, 4) is 0 Å². The van der Waals surface area contributed by atoms with Crippen LogP contribution in [0.3, 0.4) is 0 Å². The van der Waals surface area contributed by atoms with E-state index in [2.05, 4.69) is 63.6 Å². The highest BCUT2D eigenvalue weighted by atomic mass is 19.1. The molecule has 160 valence electrons. The lowest BCUT2D eigenvalue weighted by Crippen LogP contribution is -2.49. The smallest absolute Gasteiger partial charge is 0.238 e. The molecule has 0 aliphatic carbocycles. The lowest BCUT2D eigenvalue weighted by atomic mass is 9.96. The van der Waals surface area contributed by atoms with E-state index < -0.39 is 11.6 Å². The maximum Gasteiger partial charge on any atom is 0.238 e. The number of hydrogen-bond acceptors (Lipinski definition) is 3. The summed E-state index contributed by atoms with van der Waals surface area (Å²) in [5.41, 5.74) is 2.48. The van der Waals surface area contributed by atoms with Crippen LogP contribution in [0.15, 0.2) is 78.9 Å². The number of halogens is 2. The molecule has 3 aromatic rings. The second-order valence-corrected chi connectivity index (χ2v) is 7.71. The number of nitrogens with zero attached hydrogens (tertiary/aromatic N) is 2. The Morgan fingerprint density at radius 3 is 1.97 bits per heavy atom. The Bertz CT molecular complexity index is 966. The van der Waals surface area contributed by atoms with Crippen LogP contribution >= 0.6 is 0 Å². The fraction of sp³-hybridized carbons (Fsp3) is 0.240. The van der Waals surface area contributed by atoms with Crippen LogP contribution in [0.1, 0.15) is 17.2 Å². The molecule has 1 fully saturated rings. The Balaban J connectivity index is 1.38. The summed E-state index contributed by atoms with van der Waals surface area (Å²) >= 11 is 0. The molecule has 0 aromatic heterocycles. The highest BCUT2D eigenvalue weighted by molar-refractivity contribution is 5.92. The van der Waals surface area contributed by atoms with Gasteiger partial charge < -0.3 is 5.32 Å². The van der Waals surface area contributed by atoms with E-state index in [9.17, 15) is 13.6 Å². The monoisotopic (exact) mass is 421 g/mol. The molecule has 0 saturated carbocycles. The van der Waals surface area contributed by atoms with Gasteiger partial charge in [-0.25, -0.2) is 8.78 Å². The Hall–Kier alpha value is -3.09. The fourth-order valence-corrected chi connectivity index (χ4v) is 4.05. The van der Waals surface area contributed by atoms with Crippen molar-refractivity contribution in [1.29, 1.82) is 0 Å². The number of piperazine rings is 1. The minimum absolute atomic E-state index is 0.00162. The van der Waals surface area contributed by atoms with Gasteiger partial charge in [-0.2, -0.15) is 0 Å². The van der Waals surface area contributed by atoms with Crippen LogP contribution in [0.25, 0.3) is 0 Å². The van der Waals surface area contributed by atoms with Crippen LogP contribution in [-0.4, -0.2) is 48.4 Å². The normalized spacial score (nSPS) is 15.2. The lowest BCUT2D eigenvalue weighted by Gasteiger charge is -2.39. The van der Waals surface area contributed by atoms with Gasteiger partial charge in [0.05, 0.1) is 18.3 Å². The Morgan fingerprint density at radius 1 is 0.839 bits per heavy atom. The number of carbonyl (C=O) groups is 1. The number of nitrogens with one attached hydrogen (secondary N) is 1. The van der Waals surface area contributed by atoms with E-state index in [-0.39, 0.29) is 24.2 Å². The molecule has 6 heteroatoms. The van der Waals surface area contributed by atoms with Crippen LogP contribution < -0.4 is 5.32 Å². The predicted molar refractivity (Wildman–Crippen MR) is 118 cm³/mol. The highest BCUT2D eigenvalue weighted by Crippen LogP contribution is 2.29. The molecule has 0 spiro atoms. The van der Waals surface area contributed by atoms with Crippen molar-refractivity contribution < 1.29 is 13.6 Å². The van der Waals surface area contributed by atoms with Crippen molar-refractivity contribution in [2.24, 2.45) is 0 Å². The molecule has 4 rings (SSSR count). The second-order valence-electron chi connectivity index (χ2n) is 7.71. The Labute approximate surface area is 181 Å². The summed E-state index contributed by atoms with van der Waals surface area (Å²) in [6.45, 7) is 3.26. The molecular formula is C25H25F2N3O. The van der Waals surface area contributed by atoms with Crippen LogP contribution in [0.4, 0.5) is 14.5 Å². The molecule has 0 atom stereocenters. The minimum Gasteiger partial charge on any atom is -0.322 e. The number of anilines is 1. The number of carbonyl (C=O) groups excluding carboxylic acids is 1. The third kappa shape index (κ3) is 5.34. The van der Waals surface area contributed by atoms with Gasteiger partial charge in [0.25, 0.3) is 0 Å². The minimum atomic E-state index is -0.772. The van der Waals surface area contributed by atoms with E-state index in [1.54, 1.807) is 0 Å². The topological polar surface area (TPSA) is 35.6 Å². The summed E-state index contributed by atoms with van der Waals surface area (Å²) in [6.07, 6.45) is 0. The van der Waals surface area contributed by atoms with Gasteiger partial charge in [0.1, 0.15) is 11.6 Å². The third-order valence-electron chi connectivity index (χ3n) is 5.58. The van der Waals surface area contributed by atoms with Crippen molar-refractivity contribution in [2.45, 2.75) is 6.04 Å². The summed E-state index contributed by atoms with van der Waals surface area (Å²) in [4.78, 5) is 16.8. The van der Waals surface area contributed by atoms with Crippen molar-refractivity contribution in [3.63, 3.8) is 0 Å².